The molecule has 35 heavy (non-hydrogen) atoms. The van der Waals surface area contributed by atoms with Gasteiger partial charge in [0.1, 0.15) is 11.4 Å². The average molecular weight is 492 g/mol. The summed E-state index contributed by atoms with van der Waals surface area (Å²) < 4.78 is 3.94. The molecular weight excluding hydrogens is 462 g/mol. The fourth-order valence-electron chi connectivity index (χ4n) is 4.39. The van der Waals surface area contributed by atoms with Gasteiger partial charge in [-0.15, -0.1) is 0 Å². The molecule has 0 atom stereocenters. The van der Waals surface area contributed by atoms with Crippen molar-refractivity contribution in [3.05, 3.63) is 76.3 Å². The first-order valence-corrected chi connectivity index (χ1v) is 12.5. The summed E-state index contributed by atoms with van der Waals surface area (Å²) in [6.45, 7) is 0.133. The van der Waals surface area contributed by atoms with E-state index in [0.717, 1.165) is 29.9 Å². The van der Waals surface area contributed by atoms with Crippen LogP contribution in [-0.2, 0) is 11.3 Å². The van der Waals surface area contributed by atoms with Crippen LogP contribution < -0.4 is 21.7 Å². The smallest absolute Gasteiger partial charge is 0.272 e. The highest BCUT2D eigenvalue weighted by atomic mass is 32.1. The average Bonchev–Trinajstić information content (AvgIpc) is 3.28. The second-order valence-corrected chi connectivity index (χ2v) is 9.49. The minimum absolute atomic E-state index is 0.0685. The molecule has 3 aromatic rings. The number of carbonyl (C=O) groups excluding carboxylic acids is 3. The quantitative estimate of drug-likeness (QED) is 0.441. The third-order valence-corrected chi connectivity index (χ3v) is 7.17. The van der Waals surface area contributed by atoms with E-state index in [4.69, 9.17) is 11.5 Å². The number of nitrogens with two attached hydrogens (primary N) is 2. The summed E-state index contributed by atoms with van der Waals surface area (Å²) in [5, 5.41) is 2.86. The van der Waals surface area contributed by atoms with Gasteiger partial charge in [0.25, 0.3) is 11.8 Å². The monoisotopic (exact) mass is 491 g/mol. The maximum absolute atomic E-state index is 13.5. The van der Waals surface area contributed by atoms with Crippen molar-refractivity contribution < 1.29 is 14.4 Å². The third-order valence-electron chi connectivity index (χ3n) is 6.32. The second kappa shape index (κ2) is 11.1. The zero-order valence-corrected chi connectivity index (χ0v) is 20.2. The summed E-state index contributed by atoms with van der Waals surface area (Å²) >= 11 is 0.800. The lowest BCUT2D eigenvalue weighted by molar-refractivity contribution is -0.119. The number of nitrogen functional groups attached to an aromatic ring is 1. The molecule has 1 aliphatic rings. The molecule has 1 aliphatic carbocycles. The molecule has 4 rings (SSSR count). The van der Waals surface area contributed by atoms with Crippen LogP contribution in [0.3, 0.4) is 0 Å². The van der Waals surface area contributed by atoms with Gasteiger partial charge < -0.3 is 16.8 Å². The number of anilines is 2. The van der Waals surface area contributed by atoms with E-state index in [9.17, 15) is 14.4 Å². The molecule has 1 heterocycles. The van der Waals surface area contributed by atoms with E-state index in [0.29, 0.717) is 18.2 Å². The predicted molar refractivity (Wildman–Crippen MR) is 137 cm³/mol. The topological polar surface area (TPSA) is 131 Å². The van der Waals surface area contributed by atoms with E-state index in [-0.39, 0.29) is 28.7 Å². The van der Waals surface area contributed by atoms with Gasteiger partial charge in [0.2, 0.25) is 5.91 Å². The zero-order chi connectivity index (χ0) is 24.8. The van der Waals surface area contributed by atoms with Crippen LogP contribution in [0.2, 0.25) is 0 Å². The van der Waals surface area contributed by atoms with Crippen molar-refractivity contribution in [2.45, 2.75) is 44.6 Å². The first kappa shape index (κ1) is 24.4. The summed E-state index contributed by atoms with van der Waals surface area (Å²) in [6.07, 6.45) is 6.06. The molecule has 1 saturated carbocycles. The molecule has 1 aromatic heterocycles. The van der Waals surface area contributed by atoms with Crippen molar-refractivity contribution in [3.8, 4) is 0 Å². The Hall–Kier alpha value is -3.72. The summed E-state index contributed by atoms with van der Waals surface area (Å²) in [5.74, 6) is -1.11. The molecule has 0 unspecified atom stereocenters. The van der Waals surface area contributed by atoms with E-state index in [1.54, 1.807) is 0 Å². The van der Waals surface area contributed by atoms with Crippen molar-refractivity contribution >= 4 is 40.6 Å². The number of carbonyl (C=O) groups is 3. The largest absolute Gasteiger partial charge is 0.395 e. The van der Waals surface area contributed by atoms with E-state index in [1.807, 2.05) is 54.6 Å². The first-order valence-electron chi connectivity index (χ1n) is 11.7. The van der Waals surface area contributed by atoms with Gasteiger partial charge in [0.05, 0.1) is 5.69 Å². The maximum Gasteiger partial charge on any atom is 0.272 e. The summed E-state index contributed by atoms with van der Waals surface area (Å²) in [5.41, 5.74) is 13.9. The van der Waals surface area contributed by atoms with Gasteiger partial charge >= 0.3 is 0 Å². The van der Waals surface area contributed by atoms with Gasteiger partial charge in [-0.05, 0) is 53.6 Å². The Morgan fingerprint density at radius 3 is 2.31 bits per heavy atom. The van der Waals surface area contributed by atoms with Gasteiger partial charge in [-0.3, -0.25) is 19.3 Å². The van der Waals surface area contributed by atoms with E-state index >= 15 is 0 Å². The number of hydrogen-bond acceptors (Lipinski definition) is 6. The van der Waals surface area contributed by atoms with Crippen LogP contribution in [0, 0.1) is 0 Å². The lowest BCUT2D eigenvalue weighted by Gasteiger charge is -2.25. The van der Waals surface area contributed by atoms with Crippen molar-refractivity contribution in [1.29, 1.82) is 0 Å². The van der Waals surface area contributed by atoms with Gasteiger partial charge in [0.15, 0.2) is 5.69 Å². The van der Waals surface area contributed by atoms with E-state index in [1.165, 1.54) is 29.7 Å². The first-order chi connectivity index (χ1) is 16.9. The third kappa shape index (κ3) is 5.86. The van der Waals surface area contributed by atoms with Crippen molar-refractivity contribution in [2.75, 3.05) is 17.2 Å². The van der Waals surface area contributed by atoms with Gasteiger partial charge in [-0.25, -0.2) is 0 Å². The highest BCUT2D eigenvalue weighted by molar-refractivity contribution is 7.09. The van der Waals surface area contributed by atoms with Crippen LogP contribution in [0.25, 0.3) is 0 Å². The van der Waals surface area contributed by atoms with Crippen LogP contribution in [0.4, 0.5) is 11.4 Å². The number of nitrogens with one attached hydrogen (secondary N) is 1. The number of amides is 3. The normalized spacial score (nSPS) is 13.8. The molecule has 1 fully saturated rings. The molecule has 9 heteroatoms. The summed E-state index contributed by atoms with van der Waals surface area (Å²) in [6, 6.07) is 17.3. The Morgan fingerprint density at radius 2 is 1.69 bits per heavy atom. The Bertz CT molecular complexity index is 1190. The molecule has 3 amide bonds. The van der Waals surface area contributed by atoms with Crippen LogP contribution in [0.15, 0.2) is 54.6 Å². The predicted octanol–water partition coefficient (Wildman–Crippen LogP) is 3.84. The molecule has 0 aliphatic heterocycles. The number of hydrogen-bond donors (Lipinski definition) is 3. The van der Waals surface area contributed by atoms with Crippen molar-refractivity contribution in [1.82, 2.24) is 9.69 Å². The van der Waals surface area contributed by atoms with E-state index in [2.05, 4.69) is 9.69 Å². The Labute approximate surface area is 208 Å². The Kier molecular flexibility index (Phi) is 7.77. The van der Waals surface area contributed by atoms with Crippen LogP contribution in [0.1, 0.15) is 69.3 Å². The number of nitrogens with zero attached hydrogens (tertiary/aromatic N) is 2. The van der Waals surface area contributed by atoms with Crippen molar-refractivity contribution in [2.24, 2.45) is 5.73 Å². The SMILES string of the molecule is NC(=O)c1nsc(C(=O)N(CC(=O)NCc2ccccc2)c2ccc(C3CCCCC3)cc2)c1N. The van der Waals surface area contributed by atoms with E-state index < -0.39 is 11.8 Å². The van der Waals surface area contributed by atoms with Crippen LogP contribution in [-0.4, -0.2) is 28.6 Å². The second-order valence-electron chi connectivity index (χ2n) is 8.72. The minimum atomic E-state index is -0.804. The highest BCUT2D eigenvalue weighted by Crippen LogP contribution is 2.34. The van der Waals surface area contributed by atoms with Crippen molar-refractivity contribution in [3.63, 3.8) is 0 Å². The molecule has 2 aromatic carbocycles. The summed E-state index contributed by atoms with van der Waals surface area (Å²) in [4.78, 5) is 39.3. The molecule has 0 radical (unpaired) electrons. The fraction of sp³-hybridized carbons (Fsp3) is 0.308. The molecular formula is C26H29N5O3S. The number of rotatable bonds is 8. The fourth-order valence-corrected chi connectivity index (χ4v) is 5.14. The minimum Gasteiger partial charge on any atom is -0.395 e. The standard InChI is InChI=1S/C26H29N5O3S/c27-22-23(25(28)33)30-35-24(22)26(34)31(16-21(32)29-15-17-7-3-1-4-8-17)20-13-11-19(12-14-20)18-9-5-2-6-10-18/h1,3-4,7-8,11-14,18H,2,5-6,9-10,15-16,27H2,(H2,28,33)(H,29,32). The maximum atomic E-state index is 13.5. The molecule has 0 saturated heterocycles. The number of benzene rings is 2. The number of aromatic nitrogens is 1. The molecule has 8 nitrogen and oxygen atoms in total. The van der Waals surface area contributed by atoms with Gasteiger partial charge in [-0.1, -0.05) is 61.7 Å². The lowest BCUT2D eigenvalue weighted by Crippen LogP contribution is -2.40. The molecule has 182 valence electrons. The Morgan fingerprint density at radius 1 is 1.00 bits per heavy atom. The highest BCUT2D eigenvalue weighted by Gasteiger charge is 2.27. The molecule has 5 N–H and O–H groups in total. The lowest BCUT2D eigenvalue weighted by atomic mass is 9.84. The van der Waals surface area contributed by atoms with Crippen LogP contribution in [0.5, 0.6) is 0 Å². The van der Waals surface area contributed by atoms with Gasteiger partial charge in [0, 0.05) is 12.2 Å². The van der Waals surface area contributed by atoms with Gasteiger partial charge in [-0.2, -0.15) is 4.37 Å². The number of primary amides is 1. The Balaban J connectivity index is 1.56. The summed E-state index contributed by atoms with van der Waals surface area (Å²) in [7, 11) is 0. The molecule has 0 spiro atoms. The molecule has 0 bridgehead atoms. The van der Waals surface area contributed by atoms with Crippen LogP contribution >= 0.6 is 11.5 Å². The zero-order valence-electron chi connectivity index (χ0n) is 19.4.